The van der Waals surface area contributed by atoms with Gasteiger partial charge in [-0.25, -0.2) is 4.98 Å². The van der Waals surface area contributed by atoms with E-state index < -0.39 is 0 Å². The summed E-state index contributed by atoms with van der Waals surface area (Å²) in [6.45, 7) is 2.05. The zero-order valence-corrected chi connectivity index (χ0v) is 16.6. The second-order valence-electron chi connectivity index (χ2n) is 6.38. The fraction of sp³-hybridized carbons (Fsp3) is 0.200. The van der Waals surface area contributed by atoms with Gasteiger partial charge in [-0.05, 0) is 31.2 Å². The van der Waals surface area contributed by atoms with Crippen molar-refractivity contribution < 1.29 is 9.53 Å². The van der Waals surface area contributed by atoms with Crippen molar-refractivity contribution in [3.8, 4) is 5.75 Å². The van der Waals surface area contributed by atoms with Crippen molar-refractivity contribution in [3.63, 3.8) is 0 Å². The number of aryl methyl sites for hydroxylation is 2. The van der Waals surface area contributed by atoms with E-state index >= 15 is 0 Å². The Morgan fingerprint density at radius 1 is 1.21 bits per heavy atom. The van der Waals surface area contributed by atoms with Gasteiger partial charge in [-0.15, -0.1) is 10.2 Å². The molecule has 4 rings (SSSR count). The number of hydrogen-bond donors (Lipinski definition) is 1. The Kier molecular flexibility index (Phi) is 4.87. The number of carbonyl (C=O) groups is 1. The van der Waals surface area contributed by atoms with E-state index in [0.29, 0.717) is 16.6 Å². The van der Waals surface area contributed by atoms with Gasteiger partial charge in [-0.1, -0.05) is 35.5 Å². The number of aromatic nitrogens is 4. The lowest BCUT2D eigenvalue weighted by atomic mass is 10.2. The number of para-hydroxylation sites is 2. The van der Waals surface area contributed by atoms with Crippen molar-refractivity contribution in [1.82, 2.24) is 19.7 Å². The predicted molar refractivity (Wildman–Crippen MR) is 111 cm³/mol. The van der Waals surface area contributed by atoms with Crippen LogP contribution in [-0.2, 0) is 11.8 Å². The Hall–Kier alpha value is -3.13. The Morgan fingerprint density at radius 2 is 2.04 bits per heavy atom. The molecule has 2 aromatic carbocycles. The molecule has 0 bridgehead atoms. The molecule has 0 saturated heterocycles. The molecule has 0 unspecified atom stereocenters. The number of amides is 1. The van der Waals surface area contributed by atoms with Gasteiger partial charge in [-0.3, -0.25) is 4.79 Å². The van der Waals surface area contributed by atoms with Crippen LogP contribution in [0.25, 0.3) is 22.1 Å². The van der Waals surface area contributed by atoms with E-state index in [9.17, 15) is 4.79 Å². The monoisotopic (exact) mass is 393 g/mol. The first kappa shape index (κ1) is 18.2. The van der Waals surface area contributed by atoms with Gasteiger partial charge < -0.3 is 14.6 Å². The minimum Gasteiger partial charge on any atom is -0.495 e. The Labute approximate surface area is 166 Å². The number of hydrogen-bond acceptors (Lipinski definition) is 6. The normalized spacial score (nSPS) is 11.1. The minimum atomic E-state index is -0.161. The Bertz CT molecular complexity index is 1190. The van der Waals surface area contributed by atoms with Gasteiger partial charge >= 0.3 is 0 Å². The molecule has 1 N–H and O–H groups in total. The van der Waals surface area contributed by atoms with Gasteiger partial charge in [0.05, 0.1) is 24.1 Å². The molecule has 0 spiro atoms. The summed E-state index contributed by atoms with van der Waals surface area (Å²) in [7, 11) is 3.53. The molecule has 2 aromatic heterocycles. The van der Waals surface area contributed by atoms with E-state index in [1.165, 1.54) is 11.8 Å². The van der Waals surface area contributed by atoms with Gasteiger partial charge in [0.1, 0.15) is 11.3 Å². The van der Waals surface area contributed by atoms with Crippen molar-refractivity contribution in [2.75, 3.05) is 18.2 Å². The Balaban J connectivity index is 1.53. The standard InChI is InChI=1S/C20H19N5O2S/c1-12-8-9-15-13(10-12)18-19(25(15)2)22-20(24-23-18)28-11-17(26)21-14-6-4-5-7-16(14)27-3/h4-10H,11H2,1-3H3,(H,21,26). The lowest BCUT2D eigenvalue weighted by Crippen LogP contribution is -2.15. The van der Waals surface area contributed by atoms with Gasteiger partial charge in [-0.2, -0.15) is 0 Å². The summed E-state index contributed by atoms with van der Waals surface area (Å²) in [5, 5.41) is 12.9. The number of nitrogens with zero attached hydrogens (tertiary/aromatic N) is 4. The molecular weight excluding hydrogens is 374 g/mol. The van der Waals surface area contributed by atoms with Crippen LogP contribution >= 0.6 is 11.8 Å². The van der Waals surface area contributed by atoms with Crippen LogP contribution in [0.3, 0.4) is 0 Å². The third-order valence-corrected chi connectivity index (χ3v) is 5.29. The van der Waals surface area contributed by atoms with Gasteiger partial charge in [0.25, 0.3) is 0 Å². The second kappa shape index (κ2) is 7.47. The molecule has 28 heavy (non-hydrogen) atoms. The molecule has 7 nitrogen and oxygen atoms in total. The van der Waals surface area contributed by atoms with E-state index in [1.807, 2.05) is 30.7 Å². The zero-order chi connectivity index (χ0) is 19.7. The summed E-state index contributed by atoms with van der Waals surface area (Å²) in [6.07, 6.45) is 0. The van der Waals surface area contributed by atoms with Crippen LogP contribution in [-0.4, -0.2) is 38.5 Å². The molecule has 0 aliphatic heterocycles. The van der Waals surface area contributed by atoms with E-state index in [4.69, 9.17) is 4.74 Å². The van der Waals surface area contributed by atoms with Crippen molar-refractivity contribution in [2.24, 2.45) is 7.05 Å². The molecule has 1 amide bonds. The number of benzene rings is 2. The highest BCUT2D eigenvalue weighted by atomic mass is 32.2. The maximum atomic E-state index is 12.3. The summed E-state index contributed by atoms with van der Waals surface area (Å²) in [6, 6.07) is 13.5. The number of carbonyl (C=O) groups excluding carboxylic acids is 1. The Morgan fingerprint density at radius 3 is 2.86 bits per heavy atom. The summed E-state index contributed by atoms with van der Waals surface area (Å²) < 4.78 is 7.25. The highest BCUT2D eigenvalue weighted by Crippen LogP contribution is 2.27. The molecule has 0 aliphatic carbocycles. The number of nitrogens with one attached hydrogen (secondary N) is 1. The highest BCUT2D eigenvalue weighted by molar-refractivity contribution is 7.99. The number of ether oxygens (including phenoxy) is 1. The maximum absolute atomic E-state index is 12.3. The third kappa shape index (κ3) is 3.38. The fourth-order valence-electron chi connectivity index (χ4n) is 3.08. The predicted octanol–water partition coefficient (Wildman–Crippen LogP) is 3.56. The van der Waals surface area contributed by atoms with Crippen molar-refractivity contribution >= 4 is 45.4 Å². The number of anilines is 1. The average molecular weight is 393 g/mol. The third-order valence-electron chi connectivity index (χ3n) is 4.45. The van der Waals surface area contributed by atoms with Crippen LogP contribution in [0.4, 0.5) is 5.69 Å². The smallest absolute Gasteiger partial charge is 0.234 e. The van der Waals surface area contributed by atoms with Crippen LogP contribution in [0.5, 0.6) is 5.75 Å². The molecule has 8 heteroatoms. The highest BCUT2D eigenvalue weighted by Gasteiger charge is 2.14. The number of rotatable bonds is 5. The molecular formula is C20H19N5O2S. The summed E-state index contributed by atoms with van der Waals surface area (Å²) >= 11 is 1.25. The van der Waals surface area contributed by atoms with E-state index in [2.05, 4.69) is 38.7 Å². The summed E-state index contributed by atoms with van der Waals surface area (Å²) in [5.41, 5.74) is 4.37. The van der Waals surface area contributed by atoms with Crippen LogP contribution in [0.1, 0.15) is 5.56 Å². The van der Waals surface area contributed by atoms with Crippen LogP contribution in [0.2, 0.25) is 0 Å². The topological polar surface area (TPSA) is 81.9 Å². The first-order valence-corrected chi connectivity index (χ1v) is 9.70. The van der Waals surface area contributed by atoms with Gasteiger partial charge in [0, 0.05) is 12.4 Å². The van der Waals surface area contributed by atoms with Crippen molar-refractivity contribution in [1.29, 1.82) is 0 Å². The fourth-order valence-corrected chi connectivity index (χ4v) is 3.67. The van der Waals surface area contributed by atoms with E-state index in [0.717, 1.165) is 27.6 Å². The van der Waals surface area contributed by atoms with Crippen LogP contribution in [0, 0.1) is 6.92 Å². The van der Waals surface area contributed by atoms with Crippen molar-refractivity contribution in [3.05, 3.63) is 48.0 Å². The van der Waals surface area contributed by atoms with E-state index in [1.54, 1.807) is 19.2 Å². The number of methoxy groups -OCH3 is 1. The van der Waals surface area contributed by atoms with Crippen LogP contribution in [0.15, 0.2) is 47.6 Å². The number of fused-ring (bicyclic) bond motifs is 3. The number of thioether (sulfide) groups is 1. The molecule has 0 saturated carbocycles. The average Bonchev–Trinajstić information content (AvgIpc) is 2.98. The molecule has 0 fully saturated rings. The lowest BCUT2D eigenvalue weighted by molar-refractivity contribution is -0.113. The molecule has 0 aliphatic rings. The largest absolute Gasteiger partial charge is 0.495 e. The minimum absolute atomic E-state index is 0.161. The van der Waals surface area contributed by atoms with Crippen molar-refractivity contribution in [2.45, 2.75) is 12.1 Å². The van der Waals surface area contributed by atoms with Crippen LogP contribution < -0.4 is 10.1 Å². The zero-order valence-electron chi connectivity index (χ0n) is 15.8. The first-order chi connectivity index (χ1) is 13.6. The summed E-state index contributed by atoms with van der Waals surface area (Å²) in [4.78, 5) is 16.9. The second-order valence-corrected chi connectivity index (χ2v) is 7.33. The lowest BCUT2D eigenvalue weighted by Gasteiger charge is -2.09. The maximum Gasteiger partial charge on any atom is 0.234 e. The molecule has 0 radical (unpaired) electrons. The molecule has 2 heterocycles. The summed E-state index contributed by atoms with van der Waals surface area (Å²) in [5.74, 6) is 0.630. The molecule has 0 atom stereocenters. The van der Waals surface area contributed by atoms with E-state index in [-0.39, 0.29) is 11.7 Å². The molecule has 4 aromatic rings. The first-order valence-electron chi connectivity index (χ1n) is 8.72. The molecule has 142 valence electrons. The van der Waals surface area contributed by atoms with Gasteiger partial charge in [0.2, 0.25) is 11.1 Å². The quantitative estimate of drug-likeness (QED) is 0.522. The SMILES string of the molecule is COc1ccccc1NC(=O)CSc1nnc2c3cc(C)ccc3n(C)c2n1. The van der Waals surface area contributed by atoms with Gasteiger partial charge in [0.15, 0.2) is 5.65 Å².